The first-order valence-corrected chi connectivity index (χ1v) is 7.53. The zero-order valence-electron chi connectivity index (χ0n) is 11.2. The van der Waals surface area contributed by atoms with Crippen molar-refractivity contribution in [1.29, 1.82) is 0 Å². The van der Waals surface area contributed by atoms with Gasteiger partial charge in [0.1, 0.15) is 5.00 Å². The Bertz CT molecular complexity index is 632. The van der Waals surface area contributed by atoms with Crippen molar-refractivity contribution in [2.45, 2.75) is 0 Å². The van der Waals surface area contributed by atoms with Crippen molar-refractivity contribution in [3.05, 3.63) is 41.2 Å². The maximum atomic E-state index is 12.1. The van der Waals surface area contributed by atoms with Crippen LogP contribution in [0.4, 0.5) is 5.00 Å². The molecule has 110 valence electrons. The zero-order valence-corrected chi connectivity index (χ0v) is 12.0. The lowest BCUT2D eigenvalue weighted by Gasteiger charge is -2.27. The molecule has 1 aliphatic rings. The monoisotopic (exact) mass is 305 g/mol. The van der Waals surface area contributed by atoms with E-state index in [1.165, 1.54) is 17.6 Å². The third-order valence-electron chi connectivity index (χ3n) is 3.30. The van der Waals surface area contributed by atoms with Crippen molar-refractivity contribution in [3.8, 4) is 0 Å². The Morgan fingerprint density at radius 3 is 2.86 bits per heavy atom. The highest BCUT2D eigenvalue weighted by atomic mass is 32.1. The van der Waals surface area contributed by atoms with Gasteiger partial charge in [-0.2, -0.15) is 0 Å². The fourth-order valence-corrected chi connectivity index (χ4v) is 2.76. The summed E-state index contributed by atoms with van der Waals surface area (Å²) in [6.45, 7) is 2.52. The third-order valence-corrected chi connectivity index (χ3v) is 4.13. The largest absolute Gasteiger partial charge is 0.459 e. The van der Waals surface area contributed by atoms with E-state index in [2.05, 4.69) is 16.0 Å². The van der Waals surface area contributed by atoms with E-state index in [1.807, 2.05) is 0 Å². The van der Waals surface area contributed by atoms with Crippen LogP contribution in [0, 0.1) is 5.92 Å². The van der Waals surface area contributed by atoms with E-state index in [0.717, 1.165) is 13.1 Å². The quantitative estimate of drug-likeness (QED) is 0.782. The molecule has 6 nitrogen and oxygen atoms in total. The standard InChI is InChI=1S/C14H15N3O3S/c18-12(16-8-9-6-15-7-9)10-3-5-21-14(10)17-13(19)11-2-1-4-20-11/h1-5,9,15H,6-8H2,(H,16,18)(H,17,19). The van der Waals surface area contributed by atoms with Gasteiger partial charge in [-0.3, -0.25) is 9.59 Å². The molecule has 3 N–H and O–H groups in total. The topological polar surface area (TPSA) is 83.4 Å². The Morgan fingerprint density at radius 1 is 1.33 bits per heavy atom. The van der Waals surface area contributed by atoms with E-state index in [1.54, 1.807) is 23.6 Å². The molecule has 1 saturated heterocycles. The minimum absolute atomic E-state index is 0.169. The van der Waals surface area contributed by atoms with Crippen LogP contribution in [0.5, 0.6) is 0 Å². The van der Waals surface area contributed by atoms with Gasteiger partial charge in [-0.05, 0) is 23.6 Å². The van der Waals surface area contributed by atoms with Gasteiger partial charge in [0.25, 0.3) is 11.8 Å². The van der Waals surface area contributed by atoms with E-state index in [9.17, 15) is 9.59 Å². The number of thiophene rings is 1. The molecule has 2 aromatic heterocycles. The highest BCUT2D eigenvalue weighted by Gasteiger charge is 2.20. The molecule has 3 rings (SSSR count). The second-order valence-corrected chi connectivity index (χ2v) is 5.75. The van der Waals surface area contributed by atoms with Crippen LogP contribution in [0.15, 0.2) is 34.3 Å². The summed E-state index contributed by atoms with van der Waals surface area (Å²) in [7, 11) is 0. The molecule has 0 spiro atoms. The molecule has 0 aliphatic carbocycles. The summed E-state index contributed by atoms with van der Waals surface area (Å²) in [6.07, 6.45) is 1.43. The Balaban J connectivity index is 1.62. The summed E-state index contributed by atoms with van der Waals surface area (Å²) >= 11 is 1.31. The number of hydrogen-bond acceptors (Lipinski definition) is 5. The molecule has 0 atom stereocenters. The van der Waals surface area contributed by atoms with Gasteiger partial charge in [0.15, 0.2) is 5.76 Å². The van der Waals surface area contributed by atoms with Crippen LogP contribution in [0.25, 0.3) is 0 Å². The van der Waals surface area contributed by atoms with Crippen molar-refractivity contribution in [3.63, 3.8) is 0 Å². The second kappa shape index (κ2) is 6.11. The fraction of sp³-hybridized carbons (Fsp3) is 0.286. The normalized spacial score (nSPS) is 14.5. The maximum Gasteiger partial charge on any atom is 0.291 e. The minimum atomic E-state index is -0.361. The summed E-state index contributed by atoms with van der Waals surface area (Å²) < 4.78 is 5.03. The number of nitrogens with one attached hydrogen (secondary N) is 3. The number of anilines is 1. The van der Waals surface area contributed by atoms with E-state index in [-0.39, 0.29) is 17.6 Å². The predicted octanol–water partition coefficient (Wildman–Crippen LogP) is 1.54. The molecule has 1 aliphatic heterocycles. The highest BCUT2D eigenvalue weighted by Crippen LogP contribution is 2.24. The van der Waals surface area contributed by atoms with Crippen molar-refractivity contribution >= 4 is 28.2 Å². The van der Waals surface area contributed by atoms with Gasteiger partial charge in [-0.25, -0.2) is 0 Å². The molecule has 3 heterocycles. The second-order valence-electron chi connectivity index (χ2n) is 4.83. The van der Waals surface area contributed by atoms with E-state index >= 15 is 0 Å². The molecule has 2 aromatic rings. The summed E-state index contributed by atoms with van der Waals surface area (Å²) in [6, 6.07) is 4.92. The highest BCUT2D eigenvalue weighted by molar-refractivity contribution is 7.14. The molecule has 0 unspecified atom stereocenters. The summed E-state index contributed by atoms with van der Waals surface area (Å²) in [5.41, 5.74) is 0.479. The van der Waals surface area contributed by atoms with Gasteiger partial charge in [-0.15, -0.1) is 11.3 Å². The van der Waals surface area contributed by atoms with Gasteiger partial charge in [-0.1, -0.05) is 0 Å². The van der Waals surface area contributed by atoms with Gasteiger partial charge in [0.05, 0.1) is 11.8 Å². The molecule has 0 aromatic carbocycles. The van der Waals surface area contributed by atoms with Crippen molar-refractivity contribution in [2.24, 2.45) is 5.92 Å². The first-order chi connectivity index (χ1) is 10.2. The lowest BCUT2D eigenvalue weighted by atomic mass is 10.0. The molecule has 0 saturated carbocycles. The van der Waals surface area contributed by atoms with Crippen LogP contribution in [-0.2, 0) is 0 Å². The lowest BCUT2D eigenvalue weighted by Crippen LogP contribution is -2.48. The van der Waals surface area contributed by atoms with Gasteiger partial charge >= 0.3 is 0 Å². The van der Waals surface area contributed by atoms with Crippen LogP contribution >= 0.6 is 11.3 Å². The van der Waals surface area contributed by atoms with Gasteiger partial charge in [0.2, 0.25) is 0 Å². The van der Waals surface area contributed by atoms with Crippen molar-refractivity contribution in [2.75, 3.05) is 25.0 Å². The minimum Gasteiger partial charge on any atom is -0.459 e. The number of rotatable bonds is 5. The van der Waals surface area contributed by atoms with Crippen molar-refractivity contribution in [1.82, 2.24) is 10.6 Å². The van der Waals surface area contributed by atoms with E-state index in [0.29, 0.717) is 23.0 Å². The van der Waals surface area contributed by atoms with Crippen LogP contribution in [0.3, 0.4) is 0 Å². The Labute approximate surface area is 125 Å². The molecular weight excluding hydrogens is 290 g/mol. The molecule has 0 bridgehead atoms. The molecule has 21 heavy (non-hydrogen) atoms. The Morgan fingerprint density at radius 2 is 2.19 bits per heavy atom. The average Bonchev–Trinajstić information content (AvgIpc) is 3.07. The molecule has 0 radical (unpaired) electrons. The molecule has 7 heteroatoms. The van der Waals surface area contributed by atoms with Crippen LogP contribution in [0.1, 0.15) is 20.9 Å². The van der Waals surface area contributed by atoms with Crippen LogP contribution in [0.2, 0.25) is 0 Å². The Kier molecular flexibility index (Phi) is 4.03. The summed E-state index contributed by atoms with van der Waals surface area (Å²) in [4.78, 5) is 24.1. The van der Waals surface area contributed by atoms with Gasteiger partial charge in [0, 0.05) is 25.6 Å². The zero-order chi connectivity index (χ0) is 14.7. The number of carbonyl (C=O) groups is 2. The fourth-order valence-electron chi connectivity index (χ4n) is 1.98. The lowest BCUT2D eigenvalue weighted by molar-refractivity contribution is 0.0943. The average molecular weight is 305 g/mol. The Hall–Kier alpha value is -2.12. The predicted molar refractivity (Wildman–Crippen MR) is 79.7 cm³/mol. The smallest absolute Gasteiger partial charge is 0.291 e. The van der Waals surface area contributed by atoms with Crippen LogP contribution < -0.4 is 16.0 Å². The summed E-state index contributed by atoms with van der Waals surface area (Å²) in [5.74, 6) is 0.182. The number of amides is 2. The van der Waals surface area contributed by atoms with E-state index in [4.69, 9.17) is 4.42 Å². The van der Waals surface area contributed by atoms with E-state index < -0.39 is 0 Å². The molecule has 1 fully saturated rings. The van der Waals surface area contributed by atoms with Crippen LogP contribution in [-0.4, -0.2) is 31.4 Å². The molecular formula is C14H15N3O3S. The van der Waals surface area contributed by atoms with Crippen molar-refractivity contribution < 1.29 is 14.0 Å². The van der Waals surface area contributed by atoms with Gasteiger partial charge < -0.3 is 20.4 Å². The maximum absolute atomic E-state index is 12.1. The number of furan rings is 1. The number of hydrogen-bond donors (Lipinski definition) is 3. The molecule has 2 amide bonds. The first kappa shape index (κ1) is 13.8. The third kappa shape index (κ3) is 3.14. The first-order valence-electron chi connectivity index (χ1n) is 6.65. The number of carbonyl (C=O) groups excluding carboxylic acids is 2. The SMILES string of the molecule is O=C(Nc1sccc1C(=O)NCC1CNC1)c1ccco1. The summed E-state index contributed by atoms with van der Waals surface area (Å²) in [5, 5.41) is 11.1.